The monoisotopic (exact) mass is 222 g/mol. The molecule has 0 N–H and O–H groups in total. The summed E-state index contributed by atoms with van der Waals surface area (Å²) in [6, 6.07) is 0. The van der Waals surface area contributed by atoms with E-state index in [0.29, 0.717) is 0 Å². The van der Waals surface area contributed by atoms with Gasteiger partial charge in [0.05, 0.1) is 0 Å². The van der Waals surface area contributed by atoms with E-state index in [4.69, 9.17) is 0 Å². The first kappa shape index (κ1) is 12.5. The Morgan fingerprint density at radius 1 is 0.625 bits per heavy atom. The predicted octanol–water partition coefficient (Wildman–Crippen LogP) is 5.42. The molecule has 2 aliphatic rings. The molecular formula is C16H30. The zero-order valence-electron chi connectivity index (χ0n) is 11.4. The van der Waals surface area contributed by atoms with Gasteiger partial charge in [0.1, 0.15) is 0 Å². The van der Waals surface area contributed by atoms with Gasteiger partial charge in [0.2, 0.25) is 0 Å². The Balaban J connectivity index is 2.01. The van der Waals surface area contributed by atoms with Crippen molar-refractivity contribution in [2.75, 3.05) is 0 Å². The van der Waals surface area contributed by atoms with Crippen molar-refractivity contribution in [2.45, 2.75) is 78.1 Å². The van der Waals surface area contributed by atoms with Gasteiger partial charge in [0, 0.05) is 0 Å². The van der Waals surface area contributed by atoms with Crippen molar-refractivity contribution in [1.82, 2.24) is 0 Å². The van der Waals surface area contributed by atoms with Gasteiger partial charge < -0.3 is 0 Å². The van der Waals surface area contributed by atoms with E-state index in [0.717, 1.165) is 23.7 Å². The van der Waals surface area contributed by atoms with Crippen LogP contribution in [-0.2, 0) is 0 Å². The molecule has 0 saturated heterocycles. The Morgan fingerprint density at radius 2 is 1.00 bits per heavy atom. The molecule has 0 bridgehead atoms. The lowest BCUT2D eigenvalue weighted by atomic mass is 9.63. The maximum Gasteiger partial charge on any atom is -0.0355 e. The summed E-state index contributed by atoms with van der Waals surface area (Å²) in [4.78, 5) is 0. The fraction of sp³-hybridized carbons (Fsp3) is 1.00. The van der Waals surface area contributed by atoms with E-state index in [1.54, 1.807) is 12.8 Å². The molecule has 2 saturated carbocycles. The Kier molecular flexibility index (Phi) is 4.73. The Hall–Kier alpha value is 0. The molecule has 0 amide bonds. The van der Waals surface area contributed by atoms with Crippen LogP contribution in [0.15, 0.2) is 0 Å². The molecule has 0 spiro atoms. The first-order valence-electron chi connectivity index (χ1n) is 7.86. The van der Waals surface area contributed by atoms with Crippen LogP contribution in [0.25, 0.3) is 0 Å². The van der Waals surface area contributed by atoms with E-state index in [1.165, 1.54) is 51.4 Å². The Morgan fingerprint density at radius 3 is 1.38 bits per heavy atom. The minimum absolute atomic E-state index is 1.07. The Bertz CT molecular complexity index is 174. The van der Waals surface area contributed by atoms with Gasteiger partial charge in [0.25, 0.3) is 0 Å². The molecule has 2 rings (SSSR count). The zero-order chi connectivity index (χ0) is 11.4. The summed E-state index contributed by atoms with van der Waals surface area (Å²) >= 11 is 0. The maximum atomic E-state index is 2.42. The van der Waals surface area contributed by atoms with Gasteiger partial charge >= 0.3 is 0 Å². The molecule has 4 atom stereocenters. The van der Waals surface area contributed by atoms with E-state index >= 15 is 0 Å². The van der Waals surface area contributed by atoms with Crippen LogP contribution in [-0.4, -0.2) is 0 Å². The topological polar surface area (TPSA) is 0 Å². The largest absolute Gasteiger partial charge is 0.0651 e. The van der Waals surface area contributed by atoms with Crippen LogP contribution in [0.3, 0.4) is 0 Å². The predicted molar refractivity (Wildman–Crippen MR) is 71.5 cm³/mol. The highest BCUT2D eigenvalue weighted by Gasteiger charge is 2.35. The highest BCUT2D eigenvalue weighted by atomic mass is 14.4. The number of hydrogen-bond donors (Lipinski definition) is 0. The molecule has 2 aliphatic carbocycles. The van der Waals surface area contributed by atoms with Crippen LogP contribution >= 0.6 is 0 Å². The molecule has 94 valence electrons. The van der Waals surface area contributed by atoms with E-state index in [-0.39, 0.29) is 0 Å². The van der Waals surface area contributed by atoms with Crippen molar-refractivity contribution in [1.29, 1.82) is 0 Å². The number of hydrogen-bond acceptors (Lipinski definition) is 0. The minimum Gasteiger partial charge on any atom is -0.0651 e. The average Bonchev–Trinajstić information content (AvgIpc) is 2.38. The van der Waals surface area contributed by atoms with Crippen LogP contribution in [0.1, 0.15) is 78.1 Å². The lowest BCUT2D eigenvalue weighted by Crippen LogP contribution is -2.33. The molecule has 2 fully saturated rings. The second-order valence-corrected chi connectivity index (χ2v) is 6.23. The molecule has 4 unspecified atom stereocenters. The van der Waals surface area contributed by atoms with Crippen molar-refractivity contribution in [3.05, 3.63) is 0 Å². The van der Waals surface area contributed by atoms with Crippen molar-refractivity contribution < 1.29 is 0 Å². The van der Waals surface area contributed by atoms with Crippen molar-refractivity contribution in [3.63, 3.8) is 0 Å². The molecule has 0 nitrogen and oxygen atoms in total. The summed E-state index contributed by atoms with van der Waals surface area (Å²) in [5.41, 5.74) is 0. The normalized spacial score (nSPS) is 40.9. The third-order valence-corrected chi connectivity index (χ3v) is 5.53. The van der Waals surface area contributed by atoms with Crippen molar-refractivity contribution in [3.8, 4) is 0 Å². The van der Waals surface area contributed by atoms with Crippen LogP contribution in [0.5, 0.6) is 0 Å². The first-order chi connectivity index (χ1) is 7.86. The summed E-state index contributed by atoms with van der Waals surface area (Å²) < 4.78 is 0. The zero-order valence-corrected chi connectivity index (χ0v) is 11.4. The second kappa shape index (κ2) is 6.07. The van der Waals surface area contributed by atoms with Crippen molar-refractivity contribution >= 4 is 0 Å². The van der Waals surface area contributed by atoms with E-state index < -0.39 is 0 Å². The summed E-state index contributed by atoms with van der Waals surface area (Å²) in [7, 11) is 0. The molecule has 0 heteroatoms. The van der Waals surface area contributed by atoms with Gasteiger partial charge in [-0.05, 0) is 36.5 Å². The van der Waals surface area contributed by atoms with Gasteiger partial charge in [-0.25, -0.2) is 0 Å². The van der Waals surface area contributed by atoms with Crippen LogP contribution in [0.2, 0.25) is 0 Å². The lowest BCUT2D eigenvalue weighted by Gasteiger charge is -2.43. The molecular weight excluding hydrogens is 192 g/mol. The molecule has 0 aliphatic heterocycles. The van der Waals surface area contributed by atoms with Crippen LogP contribution < -0.4 is 0 Å². The van der Waals surface area contributed by atoms with Gasteiger partial charge in [0.15, 0.2) is 0 Å². The Labute approximate surface area is 102 Å². The first-order valence-corrected chi connectivity index (χ1v) is 7.86. The molecule has 16 heavy (non-hydrogen) atoms. The smallest absolute Gasteiger partial charge is 0.0355 e. The second-order valence-electron chi connectivity index (χ2n) is 6.23. The van der Waals surface area contributed by atoms with Gasteiger partial charge in [-0.3, -0.25) is 0 Å². The van der Waals surface area contributed by atoms with E-state index in [2.05, 4.69) is 13.8 Å². The highest BCUT2D eigenvalue weighted by Crippen LogP contribution is 2.46. The molecule has 0 radical (unpaired) electrons. The third kappa shape index (κ3) is 2.63. The summed E-state index contributed by atoms with van der Waals surface area (Å²) in [6.45, 7) is 4.85. The van der Waals surface area contributed by atoms with Crippen LogP contribution in [0.4, 0.5) is 0 Å². The van der Waals surface area contributed by atoms with Gasteiger partial charge in [-0.1, -0.05) is 65.2 Å². The maximum absolute atomic E-state index is 2.42. The van der Waals surface area contributed by atoms with Crippen molar-refractivity contribution in [2.24, 2.45) is 23.7 Å². The number of rotatable bonds is 3. The lowest BCUT2D eigenvalue weighted by molar-refractivity contribution is 0.0773. The summed E-state index contributed by atoms with van der Waals surface area (Å²) in [6.07, 6.45) is 15.1. The minimum atomic E-state index is 1.07. The summed E-state index contributed by atoms with van der Waals surface area (Å²) in [5.74, 6) is 4.35. The van der Waals surface area contributed by atoms with Gasteiger partial charge in [-0.15, -0.1) is 0 Å². The quantitative estimate of drug-likeness (QED) is 0.598. The molecule has 0 aromatic carbocycles. The molecule has 0 aromatic rings. The van der Waals surface area contributed by atoms with Gasteiger partial charge in [-0.2, -0.15) is 0 Å². The average molecular weight is 222 g/mol. The van der Waals surface area contributed by atoms with Crippen LogP contribution in [0, 0.1) is 23.7 Å². The third-order valence-electron chi connectivity index (χ3n) is 5.53. The molecule has 0 aromatic heterocycles. The standard InChI is InChI=1S/C16H30/c1-3-13-9-5-7-11-15(13)16-12-8-6-10-14(16)4-2/h13-16H,3-12H2,1-2H3. The fourth-order valence-electron chi connectivity index (χ4n) is 4.61. The SMILES string of the molecule is CCC1CCCCC1C1CCCCC1CC. The fourth-order valence-corrected chi connectivity index (χ4v) is 4.61. The summed E-state index contributed by atoms with van der Waals surface area (Å²) in [5, 5.41) is 0. The highest BCUT2D eigenvalue weighted by molar-refractivity contribution is 4.86. The molecule has 0 heterocycles. The van der Waals surface area contributed by atoms with E-state index in [9.17, 15) is 0 Å². The van der Waals surface area contributed by atoms with E-state index in [1.807, 2.05) is 0 Å².